The van der Waals surface area contributed by atoms with Crippen LogP contribution >= 0.6 is 0 Å². The quantitative estimate of drug-likeness (QED) is 0.824. The minimum atomic E-state index is -3.04. The maximum atomic E-state index is 12.8. The highest BCUT2D eigenvalue weighted by Gasteiger charge is 2.34. The summed E-state index contributed by atoms with van der Waals surface area (Å²) >= 11 is 0. The first-order valence-corrected chi connectivity index (χ1v) is 11.1. The number of nitrogens with zero attached hydrogens (tertiary/aromatic N) is 2. The van der Waals surface area contributed by atoms with Gasteiger partial charge >= 0.3 is 0 Å². The molecular weight excluding hydrogens is 362 g/mol. The van der Waals surface area contributed by atoms with Crippen LogP contribution in [-0.2, 0) is 16.3 Å². The maximum absolute atomic E-state index is 12.8. The Balaban J connectivity index is 1.73. The SMILES string of the molecule is CCc1ccccc1Nc1ccc(C(=O)N(CC)C2CCS(=O)(=O)C2)nc1. The Hall–Kier alpha value is -2.41. The van der Waals surface area contributed by atoms with Crippen molar-refractivity contribution in [1.29, 1.82) is 0 Å². The minimum absolute atomic E-state index is 0.0417. The third kappa shape index (κ3) is 4.47. The van der Waals surface area contributed by atoms with Crippen molar-refractivity contribution < 1.29 is 13.2 Å². The van der Waals surface area contributed by atoms with Crippen LogP contribution in [0.15, 0.2) is 42.6 Å². The molecule has 0 aliphatic carbocycles. The van der Waals surface area contributed by atoms with Crippen LogP contribution in [0.4, 0.5) is 11.4 Å². The van der Waals surface area contributed by atoms with E-state index in [9.17, 15) is 13.2 Å². The standard InChI is InChI=1S/C20H25N3O3S/c1-3-15-7-5-6-8-18(15)22-16-9-10-19(21-13-16)20(24)23(4-2)17-11-12-27(25,26)14-17/h5-10,13,17,22H,3-4,11-12,14H2,1-2H3. The molecule has 6 nitrogen and oxygen atoms in total. The van der Waals surface area contributed by atoms with E-state index in [0.29, 0.717) is 18.7 Å². The number of pyridine rings is 1. The molecule has 1 N–H and O–H groups in total. The molecule has 0 radical (unpaired) electrons. The van der Waals surface area contributed by atoms with Crippen LogP contribution in [-0.4, -0.2) is 48.3 Å². The van der Waals surface area contributed by atoms with Crippen molar-refractivity contribution >= 4 is 27.1 Å². The molecule has 144 valence electrons. The topological polar surface area (TPSA) is 79.4 Å². The third-order valence-corrected chi connectivity index (χ3v) is 6.66. The normalized spacial score (nSPS) is 18.2. The molecule has 7 heteroatoms. The van der Waals surface area contributed by atoms with Gasteiger partial charge in [0.05, 0.1) is 23.4 Å². The van der Waals surface area contributed by atoms with Crippen molar-refractivity contribution in [2.45, 2.75) is 32.7 Å². The van der Waals surface area contributed by atoms with Crippen molar-refractivity contribution in [1.82, 2.24) is 9.88 Å². The van der Waals surface area contributed by atoms with Crippen molar-refractivity contribution in [3.8, 4) is 0 Å². The maximum Gasteiger partial charge on any atom is 0.272 e. The van der Waals surface area contributed by atoms with E-state index in [1.165, 1.54) is 5.56 Å². The Kier molecular flexibility index (Phi) is 5.79. The van der Waals surface area contributed by atoms with Gasteiger partial charge in [-0.25, -0.2) is 13.4 Å². The fraction of sp³-hybridized carbons (Fsp3) is 0.400. The zero-order valence-corrected chi connectivity index (χ0v) is 16.5. The van der Waals surface area contributed by atoms with E-state index >= 15 is 0 Å². The molecule has 1 atom stereocenters. The average Bonchev–Trinajstić information content (AvgIpc) is 3.03. The van der Waals surface area contributed by atoms with E-state index in [4.69, 9.17) is 0 Å². The van der Waals surface area contributed by atoms with E-state index < -0.39 is 9.84 Å². The molecule has 1 amide bonds. The lowest BCUT2D eigenvalue weighted by atomic mass is 10.1. The van der Waals surface area contributed by atoms with Gasteiger partial charge in [0.25, 0.3) is 5.91 Å². The zero-order valence-electron chi connectivity index (χ0n) is 15.7. The van der Waals surface area contributed by atoms with Gasteiger partial charge in [0.15, 0.2) is 9.84 Å². The van der Waals surface area contributed by atoms with Crippen LogP contribution in [0.1, 0.15) is 36.3 Å². The largest absolute Gasteiger partial charge is 0.354 e. The van der Waals surface area contributed by atoms with Crippen LogP contribution in [0.2, 0.25) is 0 Å². The molecule has 1 aromatic carbocycles. The van der Waals surface area contributed by atoms with Crippen molar-refractivity contribution in [3.05, 3.63) is 53.9 Å². The van der Waals surface area contributed by atoms with Gasteiger partial charge in [-0.15, -0.1) is 0 Å². The number of carbonyl (C=O) groups is 1. The van der Waals surface area contributed by atoms with E-state index in [1.54, 1.807) is 17.2 Å². The van der Waals surface area contributed by atoms with E-state index in [1.807, 2.05) is 31.2 Å². The lowest BCUT2D eigenvalue weighted by molar-refractivity contribution is 0.0702. The number of hydrogen-bond donors (Lipinski definition) is 1. The number of benzene rings is 1. The molecule has 1 aromatic heterocycles. The monoisotopic (exact) mass is 387 g/mol. The molecule has 1 fully saturated rings. The summed E-state index contributed by atoms with van der Waals surface area (Å²) in [6.45, 7) is 4.42. The first kappa shape index (κ1) is 19.4. The summed E-state index contributed by atoms with van der Waals surface area (Å²) < 4.78 is 23.5. The first-order valence-electron chi connectivity index (χ1n) is 9.26. The van der Waals surface area contributed by atoms with Gasteiger partial charge in [-0.05, 0) is 43.5 Å². The molecule has 2 heterocycles. The van der Waals surface area contributed by atoms with Gasteiger partial charge in [-0.1, -0.05) is 25.1 Å². The number of nitrogens with one attached hydrogen (secondary N) is 1. The molecule has 1 saturated heterocycles. The van der Waals surface area contributed by atoms with Crippen LogP contribution in [0.5, 0.6) is 0 Å². The molecular formula is C20H25N3O3S. The molecule has 0 spiro atoms. The Morgan fingerprint density at radius 2 is 2.00 bits per heavy atom. The molecule has 1 aliphatic heterocycles. The molecule has 0 saturated carbocycles. The van der Waals surface area contributed by atoms with Gasteiger partial charge in [-0.2, -0.15) is 0 Å². The number of sulfone groups is 1. The summed E-state index contributed by atoms with van der Waals surface area (Å²) in [4.78, 5) is 18.7. The highest BCUT2D eigenvalue weighted by Crippen LogP contribution is 2.22. The number of para-hydroxylation sites is 1. The Morgan fingerprint density at radius 1 is 1.22 bits per heavy atom. The van der Waals surface area contributed by atoms with Crippen LogP contribution < -0.4 is 5.32 Å². The van der Waals surface area contributed by atoms with Crippen LogP contribution in [0, 0.1) is 0 Å². The summed E-state index contributed by atoms with van der Waals surface area (Å²) in [5.74, 6) is -0.0330. The summed E-state index contributed by atoms with van der Waals surface area (Å²) in [6, 6.07) is 11.3. The number of aromatic nitrogens is 1. The number of aryl methyl sites for hydroxylation is 1. The first-order chi connectivity index (χ1) is 12.9. The molecule has 1 unspecified atom stereocenters. The second-order valence-corrected chi connectivity index (χ2v) is 8.94. The molecule has 3 rings (SSSR count). The van der Waals surface area contributed by atoms with Gasteiger partial charge in [-0.3, -0.25) is 4.79 Å². The highest BCUT2D eigenvalue weighted by molar-refractivity contribution is 7.91. The second kappa shape index (κ2) is 8.08. The predicted octanol–water partition coefficient (Wildman–Crippen LogP) is 3.04. The van der Waals surface area contributed by atoms with E-state index in [-0.39, 0.29) is 23.5 Å². The summed E-state index contributed by atoms with van der Waals surface area (Å²) in [6.07, 6.45) is 3.05. The van der Waals surface area contributed by atoms with Crippen LogP contribution in [0.25, 0.3) is 0 Å². The fourth-order valence-electron chi connectivity index (χ4n) is 3.44. The Bertz CT molecular complexity index is 910. The zero-order chi connectivity index (χ0) is 19.4. The van der Waals surface area contributed by atoms with E-state index in [0.717, 1.165) is 17.8 Å². The number of rotatable bonds is 6. The smallest absolute Gasteiger partial charge is 0.272 e. The molecule has 2 aromatic rings. The van der Waals surface area contributed by atoms with Gasteiger partial charge in [0, 0.05) is 18.3 Å². The molecule has 0 bridgehead atoms. The third-order valence-electron chi connectivity index (χ3n) is 4.91. The fourth-order valence-corrected chi connectivity index (χ4v) is 5.17. The Labute approximate surface area is 160 Å². The summed E-state index contributed by atoms with van der Waals surface area (Å²) in [5, 5.41) is 3.33. The highest BCUT2D eigenvalue weighted by atomic mass is 32.2. The van der Waals surface area contributed by atoms with Gasteiger partial charge < -0.3 is 10.2 Å². The van der Waals surface area contributed by atoms with E-state index in [2.05, 4.69) is 23.3 Å². The van der Waals surface area contributed by atoms with Gasteiger partial charge in [0.2, 0.25) is 0 Å². The minimum Gasteiger partial charge on any atom is -0.354 e. The Morgan fingerprint density at radius 3 is 2.59 bits per heavy atom. The average molecular weight is 388 g/mol. The summed E-state index contributed by atoms with van der Waals surface area (Å²) in [7, 11) is -3.04. The summed E-state index contributed by atoms with van der Waals surface area (Å²) in [5.41, 5.74) is 3.36. The van der Waals surface area contributed by atoms with Crippen molar-refractivity contribution in [3.63, 3.8) is 0 Å². The lowest BCUT2D eigenvalue weighted by Crippen LogP contribution is -2.41. The number of hydrogen-bond acceptors (Lipinski definition) is 5. The lowest BCUT2D eigenvalue weighted by Gasteiger charge is -2.26. The second-order valence-electron chi connectivity index (χ2n) is 6.72. The van der Waals surface area contributed by atoms with Gasteiger partial charge in [0.1, 0.15) is 5.69 Å². The van der Waals surface area contributed by atoms with Crippen molar-refractivity contribution in [2.75, 3.05) is 23.4 Å². The predicted molar refractivity (Wildman–Crippen MR) is 107 cm³/mol. The number of amides is 1. The molecule has 1 aliphatic rings. The number of anilines is 2. The number of carbonyl (C=O) groups excluding carboxylic acids is 1. The van der Waals surface area contributed by atoms with Crippen LogP contribution in [0.3, 0.4) is 0 Å². The molecule has 27 heavy (non-hydrogen) atoms. The van der Waals surface area contributed by atoms with Crippen molar-refractivity contribution in [2.24, 2.45) is 0 Å².